The third kappa shape index (κ3) is 6.06. The standard InChI is InChI=1S/C21H30N4OS/c1-17(20-8-5-13-27-20)14-23-21(22-2)24-15-18-6-3-4-7-19(18)16-25-9-11-26-12-10-25/h3-8,13,17H,9-12,14-16H2,1-2H3,(H2,22,23,24). The van der Waals surface area contributed by atoms with Gasteiger partial charge >= 0.3 is 0 Å². The quantitative estimate of drug-likeness (QED) is 0.567. The second-order valence-electron chi connectivity index (χ2n) is 6.88. The molecule has 146 valence electrons. The lowest BCUT2D eigenvalue weighted by atomic mass is 10.1. The molecule has 2 N–H and O–H groups in total. The number of hydrogen-bond acceptors (Lipinski definition) is 4. The lowest BCUT2D eigenvalue weighted by molar-refractivity contribution is 0.0341. The molecule has 1 atom stereocenters. The van der Waals surface area contributed by atoms with Crippen molar-refractivity contribution in [3.8, 4) is 0 Å². The average Bonchev–Trinajstić information content (AvgIpc) is 3.25. The normalized spacial score (nSPS) is 16.9. The van der Waals surface area contributed by atoms with Crippen LogP contribution in [0.3, 0.4) is 0 Å². The molecule has 0 saturated carbocycles. The average molecular weight is 387 g/mol. The second kappa shape index (κ2) is 10.4. The van der Waals surface area contributed by atoms with Crippen molar-refractivity contribution >= 4 is 17.3 Å². The van der Waals surface area contributed by atoms with Gasteiger partial charge in [0, 0.05) is 50.6 Å². The van der Waals surface area contributed by atoms with Crippen LogP contribution in [0.2, 0.25) is 0 Å². The van der Waals surface area contributed by atoms with E-state index in [1.807, 2.05) is 7.05 Å². The first-order valence-corrected chi connectivity index (χ1v) is 10.5. The highest BCUT2D eigenvalue weighted by Crippen LogP contribution is 2.19. The fourth-order valence-corrected chi connectivity index (χ4v) is 3.99. The Morgan fingerprint density at radius 1 is 1.15 bits per heavy atom. The minimum absolute atomic E-state index is 0.470. The monoisotopic (exact) mass is 386 g/mol. The van der Waals surface area contributed by atoms with Crippen LogP contribution in [0.15, 0.2) is 46.8 Å². The molecule has 2 heterocycles. The largest absolute Gasteiger partial charge is 0.379 e. The minimum atomic E-state index is 0.470. The van der Waals surface area contributed by atoms with Crippen molar-refractivity contribution in [2.24, 2.45) is 4.99 Å². The van der Waals surface area contributed by atoms with E-state index >= 15 is 0 Å². The summed E-state index contributed by atoms with van der Waals surface area (Å²) < 4.78 is 5.46. The third-order valence-electron chi connectivity index (χ3n) is 4.89. The first-order chi connectivity index (χ1) is 13.3. The van der Waals surface area contributed by atoms with Crippen molar-refractivity contribution < 1.29 is 4.74 Å². The number of nitrogens with one attached hydrogen (secondary N) is 2. The highest BCUT2D eigenvalue weighted by atomic mass is 32.1. The molecule has 27 heavy (non-hydrogen) atoms. The first kappa shape index (κ1) is 19.9. The van der Waals surface area contributed by atoms with E-state index in [2.05, 4.69) is 69.2 Å². The highest BCUT2D eigenvalue weighted by Gasteiger charge is 2.13. The molecule has 1 unspecified atom stereocenters. The van der Waals surface area contributed by atoms with E-state index < -0.39 is 0 Å². The van der Waals surface area contributed by atoms with E-state index in [0.717, 1.165) is 51.9 Å². The van der Waals surface area contributed by atoms with Crippen LogP contribution in [0.4, 0.5) is 0 Å². The van der Waals surface area contributed by atoms with Gasteiger partial charge in [-0.15, -0.1) is 11.3 Å². The van der Waals surface area contributed by atoms with Gasteiger partial charge in [0.25, 0.3) is 0 Å². The molecule has 1 aromatic carbocycles. The Hall–Kier alpha value is -1.89. The van der Waals surface area contributed by atoms with Crippen molar-refractivity contribution in [2.45, 2.75) is 25.9 Å². The topological polar surface area (TPSA) is 48.9 Å². The van der Waals surface area contributed by atoms with Crippen molar-refractivity contribution in [3.05, 3.63) is 57.8 Å². The van der Waals surface area contributed by atoms with Crippen LogP contribution >= 0.6 is 11.3 Å². The molecule has 0 aliphatic carbocycles. The molecule has 0 amide bonds. The van der Waals surface area contributed by atoms with Crippen LogP contribution in [0.1, 0.15) is 28.8 Å². The Kier molecular flexibility index (Phi) is 7.68. The molecule has 1 aliphatic heterocycles. The van der Waals surface area contributed by atoms with Gasteiger partial charge in [0.2, 0.25) is 0 Å². The van der Waals surface area contributed by atoms with Crippen molar-refractivity contribution in [3.63, 3.8) is 0 Å². The number of guanidine groups is 1. The predicted molar refractivity (Wildman–Crippen MR) is 113 cm³/mol. The molecule has 2 aromatic rings. The maximum atomic E-state index is 5.46. The summed E-state index contributed by atoms with van der Waals surface area (Å²) in [7, 11) is 1.82. The summed E-state index contributed by atoms with van der Waals surface area (Å²) in [4.78, 5) is 8.23. The van der Waals surface area contributed by atoms with Gasteiger partial charge in [0.05, 0.1) is 13.2 Å². The number of hydrogen-bond donors (Lipinski definition) is 2. The molecular formula is C21H30N4OS. The van der Waals surface area contributed by atoms with Crippen LogP contribution in [0.5, 0.6) is 0 Å². The smallest absolute Gasteiger partial charge is 0.191 e. The lowest BCUT2D eigenvalue weighted by Gasteiger charge is -2.27. The molecule has 1 saturated heterocycles. The summed E-state index contributed by atoms with van der Waals surface area (Å²) in [6.07, 6.45) is 0. The van der Waals surface area contributed by atoms with Gasteiger partial charge in [-0.3, -0.25) is 9.89 Å². The summed E-state index contributed by atoms with van der Waals surface area (Å²) in [5, 5.41) is 9.04. The number of aliphatic imine (C=N–C) groups is 1. The molecule has 1 aromatic heterocycles. The van der Waals surface area contributed by atoms with Gasteiger partial charge in [-0.2, -0.15) is 0 Å². The van der Waals surface area contributed by atoms with E-state index in [4.69, 9.17) is 4.74 Å². The number of nitrogens with zero attached hydrogens (tertiary/aromatic N) is 2. The van der Waals surface area contributed by atoms with Gasteiger partial charge in [0.1, 0.15) is 0 Å². The van der Waals surface area contributed by atoms with E-state index in [0.29, 0.717) is 5.92 Å². The predicted octanol–water partition coefficient (Wildman–Crippen LogP) is 3.05. The third-order valence-corrected chi connectivity index (χ3v) is 5.99. The molecule has 1 aliphatic rings. The van der Waals surface area contributed by atoms with Crippen molar-refractivity contribution in [1.29, 1.82) is 0 Å². The Labute approximate surface area is 166 Å². The molecule has 0 radical (unpaired) electrons. The summed E-state index contributed by atoms with van der Waals surface area (Å²) in [6.45, 7) is 8.53. The van der Waals surface area contributed by atoms with E-state index in [9.17, 15) is 0 Å². The molecule has 6 heteroatoms. The van der Waals surface area contributed by atoms with E-state index in [-0.39, 0.29) is 0 Å². The van der Waals surface area contributed by atoms with Gasteiger partial charge < -0.3 is 15.4 Å². The fourth-order valence-electron chi connectivity index (χ4n) is 3.21. The lowest BCUT2D eigenvalue weighted by Crippen LogP contribution is -2.39. The maximum Gasteiger partial charge on any atom is 0.191 e. The van der Waals surface area contributed by atoms with Gasteiger partial charge in [-0.05, 0) is 22.6 Å². The minimum Gasteiger partial charge on any atom is -0.379 e. The fraction of sp³-hybridized carbons (Fsp3) is 0.476. The Bertz CT molecular complexity index is 711. The molecule has 1 fully saturated rings. The molecule has 0 bridgehead atoms. The zero-order chi connectivity index (χ0) is 18.9. The summed E-state index contributed by atoms with van der Waals surface area (Å²) in [5.41, 5.74) is 2.69. The number of rotatable bonds is 7. The summed E-state index contributed by atoms with van der Waals surface area (Å²) in [6, 6.07) is 12.9. The van der Waals surface area contributed by atoms with Crippen LogP contribution in [0.25, 0.3) is 0 Å². The molecular weight excluding hydrogens is 356 g/mol. The SMILES string of the molecule is CN=C(NCc1ccccc1CN1CCOCC1)NCC(C)c1cccs1. The van der Waals surface area contributed by atoms with Crippen LogP contribution in [-0.4, -0.2) is 50.8 Å². The Morgan fingerprint density at radius 2 is 1.93 bits per heavy atom. The molecule has 3 rings (SSSR count). The Morgan fingerprint density at radius 3 is 2.63 bits per heavy atom. The Balaban J connectivity index is 1.52. The number of benzene rings is 1. The maximum absolute atomic E-state index is 5.46. The molecule has 5 nitrogen and oxygen atoms in total. The zero-order valence-electron chi connectivity index (χ0n) is 16.3. The van der Waals surface area contributed by atoms with Crippen molar-refractivity contribution in [2.75, 3.05) is 39.9 Å². The van der Waals surface area contributed by atoms with Gasteiger partial charge in [-0.25, -0.2) is 0 Å². The first-order valence-electron chi connectivity index (χ1n) is 9.61. The highest BCUT2D eigenvalue weighted by molar-refractivity contribution is 7.10. The van der Waals surface area contributed by atoms with Crippen LogP contribution in [0, 0.1) is 0 Å². The van der Waals surface area contributed by atoms with Crippen LogP contribution in [-0.2, 0) is 17.8 Å². The van der Waals surface area contributed by atoms with Crippen LogP contribution < -0.4 is 10.6 Å². The second-order valence-corrected chi connectivity index (χ2v) is 7.86. The zero-order valence-corrected chi connectivity index (χ0v) is 17.1. The van der Waals surface area contributed by atoms with Gasteiger partial charge in [0.15, 0.2) is 5.96 Å². The number of ether oxygens (including phenoxy) is 1. The van der Waals surface area contributed by atoms with E-state index in [1.165, 1.54) is 16.0 Å². The number of thiophene rings is 1. The summed E-state index contributed by atoms with van der Waals surface area (Å²) in [5.74, 6) is 1.32. The van der Waals surface area contributed by atoms with Crippen molar-refractivity contribution in [1.82, 2.24) is 15.5 Å². The molecule has 0 spiro atoms. The number of morpholine rings is 1. The summed E-state index contributed by atoms with van der Waals surface area (Å²) >= 11 is 1.81. The van der Waals surface area contributed by atoms with Gasteiger partial charge in [-0.1, -0.05) is 37.3 Å². The van der Waals surface area contributed by atoms with E-state index in [1.54, 1.807) is 11.3 Å².